The van der Waals surface area contributed by atoms with Crippen LogP contribution in [0.2, 0.25) is 0 Å². The molecule has 6 aromatic rings. The molecule has 0 aliphatic carbocycles. The molecule has 6 rings (SSSR count). The van der Waals surface area contributed by atoms with E-state index >= 15 is 0 Å². The van der Waals surface area contributed by atoms with Gasteiger partial charge in [-0.3, -0.25) is 18.7 Å². The van der Waals surface area contributed by atoms with Crippen LogP contribution in [-0.4, -0.2) is 30.9 Å². The first kappa shape index (κ1) is 19.8. The molecule has 0 aliphatic heterocycles. The van der Waals surface area contributed by atoms with E-state index in [2.05, 4.69) is 9.97 Å². The lowest BCUT2D eigenvalue weighted by Gasteiger charge is -2.14. The van der Waals surface area contributed by atoms with Gasteiger partial charge in [-0.05, 0) is 47.5 Å². The third-order valence-corrected chi connectivity index (χ3v) is 5.95. The minimum absolute atomic E-state index is 0.209. The molecule has 2 heterocycles. The second-order valence-electron chi connectivity index (χ2n) is 7.91. The van der Waals surface area contributed by atoms with Crippen LogP contribution >= 0.6 is 0 Å². The van der Waals surface area contributed by atoms with Gasteiger partial charge in [-0.2, -0.15) is 0 Å². The molecule has 6 nitrogen and oxygen atoms in total. The highest BCUT2D eigenvalue weighted by molar-refractivity contribution is 6.10. The Labute approximate surface area is 194 Å². The average Bonchev–Trinajstić information content (AvgIpc) is 3.52. The Morgan fingerprint density at radius 1 is 0.500 bits per heavy atom. The molecule has 162 valence electrons. The molecule has 0 N–H and O–H groups in total. The molecule has 6 heteroatoms. The van der Waals surface area contributed by atoms with Crippen LogP contribution in [0.3, 0.4) is 0 Å². The Kier molecular flexibility index (Phi) is 4.63. The highest BCUT2D eigenvalue weighted by Crippen LogP contribution is 2.30. The van der Waals surface area contributed by atoms with Gasteiger partial charge < -0.3 is 0 Å². The normalized spacial score (nSPS) is 11.2. The number of fused-ring (bicyclic) bond motifs is 2. The first-order valence-electron chi connectivity index (χ1n) is 10.8. The highest BCUT2D eigenvalue weighted by atomic mass is 16.2. The van der Waals surface area contributed by atoms with Gasteiger partial charge in [0.25, 0.3) is 11.8 Å². The van der Waals surface area contributed by atoms with Gasteiger partial charge in [0.05, 0.1) is 22.1 Å². The van der Waals surface area contributed by atoms with Crippen molar-refractivity contribution in [3.63, 3.8) is 0 Å². The predicted molar refractivity (Wildman–Crippen MR) is 131 cm³/mol. The fourth-order valence-electron chi connectivity index (χ4n) is 4.31. The summed E-state index contributed by atoms with van der Waals surface area (Å²) in [7, 11) is 0. The van der Waals surface area contributed by atoms with Crippen molar-refractivity contribution >= 4 is 33.9 Å². The maximum absolute atomic E-state index is 13.6. The number of imidazole rings is 2. The number of benzene rings is 4. The molecule has 2 aromatic heterocycles. The molecule has 0 unspecified atom stereocenters. The smallest absolute Gasteiger partial charge is 0.264 e. The Balaban J connectivity index is 1.49. The van der Waals surface area contributed by atoms with Crippen LogP contribution in [0, 0.1) is 0 Å². The van der Waals surface area contributed by atoms with Crippen molar-refractivity contribution in [2.75, 3.05) is 0 Å². The second kappa shape index (κ2) is 7.94. The molecule has 4 aromatic carbocycles. The number of para-hydroxylation sites is 4. The van der Waals surface area contributed by atoms with Gasteiger partial charge in [0, 0.05) is 11.1 Å². The molecule has 0 bridgehead atoms. The summed E-state index contributed by atoms with van der Waals surface area (Å²) in [5, 5.41) is 0. The summed E-state index contributed by atoms with van der Waals surface area (Å²) in [4.78, 5) is 36.0. The zero-order valence-electron chi connectivity index (χ0n) is 18.0. The molecule has 0 saturated heterocycles. The number of hydrogen-bond acceptors (Lipinski definition) is 4. The van der Waals surface area contributed by atoms with Gasteiger partial charge in [-0.15, -0.1) is 0 Å². The lowest BCUT2D eigenvalue weighted by atomic mass is 9.94. The van der Waals surface area contributed by atoms with Crippen LogP contribution in [-0.2, 0) is 0 Å². The second-order valence-corrected chi connectivity index (χ2v) is 7.91. The standard InChI is InChI=1S/C28H18N4O2/c33-27(31-17-29-23-13-5-7-15-25(23)31)21-11-3-1-9-19(21)20-10-2-4-12-22(20)28(34)32-18-30-24-14-6-8-16-26(24)32/h1-18H. The van der Waals surface area contributed by atoms with Crippen molar-refractivity contribution in [2.24, 2.45) is 0 Å². The first-order chi connectivity index (χ1) is 16.7. The Morgan fingerprint density at radius 2 is 0.882 bits per heavy atom. The Hall–Kier alpha value is -4.84. The minimum Gasteiger partial charge on any atom is -0.268 e. The van der Waals surface area contributed by atoms with Crippen molar-refractivity contribution in [1.82, 2.24) is 19.1 Å². The van der Waals surface area contributed by atoms with Gasteiger partial charge in [0.1, 0.15) is 12.7 Å². The van der Waals surface area contributed by atoms with E-state index in [-0.39, 0.29) is 11.8 Å². The number of hydrogen-bond donors (Lipinski definition) is 0. The van der Waals surface area contributed by atoms with E-state index in [0.29, 0.717) is 22.3 Å². The summed E-state index contributed by atoms with van der Waals surface area (Å²) < 4.78 is 3.09. The van der Waals surface area contributed by atoms with Crippen molar-refractivity contribution in [3.05, 3.63) is 121 Å². The van der Waals surface area contributed by atoms with E-state index in [9.17, 15) is 9.59 Å². The van der Waals surface area contributed by atoms with Crippen molar-refractivity contribution < 1.29 is 9.59 Å². The maximum Gasteiger partial charge on any atom is 0.264 e. The van der Waals surface area contributed by atoms with Crippen LogP contribution in [0.25, 0.3) is 33.2 Å². The zero-order chi connectivity index (χ0) is 23.1. The van der Waals surface area contributed by atoms with Gasteiger partial charge >= 0.3 is 0 Å². The molecule has 0 aliphatic rings. The van der Waals surface area contributed by atoms with E-state index < -0.39 is 0 Å². The third-order valence-electron chi connectivity index (χ3n) is 5.95. The number of carbonyl (C=O) groups excluding carboxylic acids is 2. The summed E-state index contributed by atoms with van der Waals surface area (Å²) in [5.41, 5.74) is 5.29. The molecular weight excluding hydrogens is 424 g/mol. The number of nitrogens with zero attached hydrogens (tertiary/aromatic N) is 4. The molecule has 34 heavy (non-hydrogen) atoms. The summed E-state index contributed by atoms with van der Waals surface area (Å²) in [6.07, 6.45) is 3.08. The zero-order valence-corrected chi connectivity index (χ0v) is 18.0. The van der Waals surface area contributed by atoms with Gasteiger partial charge in [-0.25, -0.2) is 9.97 Å². The SMILES string of the molecule is O=C(c1ccccc1-c1ccccc1C(=O)n1cnc2ccccc21)n1cnc2ccccc21. The molecule has 0 radical (unpaired) electrons. The largest absolute Gasteiger partial charge is 0.268 e. The fourth-order valence-corrected chi connectivity index (χ4v) is 4.31. The number of rotatable bonds is 3. The molecule has 0 atom stereocenters. The minimum atomic E-state index is -0.209. The average molecular weight is 442 g/mol. The maximum atomic E-state index is 13.6. The Bertz CT molecular complexity index is 1580. The van der Waals surface area contributed by atoms with E-state index in [1.807, 2.05) is 84.9 Å². The lowest BCUT2D eigenvalue weighted by molar-refractivity contribution is 0.0955. The quantitative estimate of drug-likeness (QED) is 0.366. The van der Waals surface area contributed by atoms with E-state index in [4.69, 9.17) is 0 Å². The molecule has 0 amide bonds. The van der Waals surface area contributed by atoms with Crippen LogP contribution in [0.5, 0.6) is 0 Å². The van der Waals surface area contributed by atoms with Crippen LogP contribution < -0.4 is 0 Å². The summed E-state index contributed by atoms with van der Waals surface area (Å²) in [6, 6.07) is 29.7. The Morgan fingerprint density at radius 3 is 1.35 bits per heavy atom. The van der Waals surface area contributed by atoms with Crippen LogP contribution in [0.1, 0.15) is 20.7 Å². The van der Waals surface area contributed by atoms with Crippen molar-refractivity contribution in [2.45, 2.75) is 0 Å². The van der Waals surface area contributed by atoms with Gasteiger partial charge in [0.15, 0.2) is 0 Å². The monoisotopic (exact) mass is 442 g/mol. The van der Waals surface area contributed by atoms with Crippen LogP contribution in [0.4, 0.5) is 0 Å². The summed E-state index contributed by atoms with van der Waals surface area (Å²) >= 11 is 0. The lowest BCUT2D eigenvalue weighted by Crippen LogP contribution is -2.15. The molecule has 0 spiro atoms. The van der Waals surface area contributed by atoms with Crippen molar-refractivity contribution in [3.8, 4) is 11.1 Å². The summed E-state index contributed by atoms with van der Waals surface area (Å²) in [5.74, 6) is -0.417. The number of carbonyl (C=O) groups is 2. The molecule has 0 saturated carbocycles. The van der Waals surface area contributed by atoms with Crippen LogP contribution in [0.15, 0.2) is 110 Å². The first-order valence-corrected chi connectivity index (χ1v) is 10.8. The van der Waals surface area contributed by atoms with E-state index in [0.717, 1.165) is 22.1 Å². The van der Waals surface area contributed by atoms with E-state index in [1.54, 1.807) is 33.9 Å². The molecular formula is C28H18N4O2. The summed E-state index contributed by atoms with van der Waals surface area (Å²) in [6.45, 7) is 0. The molecule has 0 fully saturated rings. The van der Waals surface area contributed by atoms with E-state index in [1.165, 1.54) is 0 Å². The third kappa shape index (κ3) is 3.12. The number of aromatic nitrogens is 4. The fraction of sp³-hybridized carbons (Fsp3) is 0. The predicted octanol–water partition coefficient (Wildman–Crippen LogP) is 5.43. The van der Waals surface area contributed by atoms with Gasteiger partial charge in [-0.1, -0.05) is 60.7 Å². The van der Waals surface area contributed by atoms with Crippen molar-refractivity contribution in [1.29, 1.82) is 0 Å². The highest BCUT2D eigenvalue weighted by Gasteiger charge is 2.21. The topological polar surface area (TPSA) is 69.8 Å². The van der Waals surface area contributed by atoms with Gasteiger partial charge in [0.2, 0.25) is 0 Å².